The molecule has 0 aliphatic carbocycles. The molecule has 0 radical (unpaired) electrons. The first-order valence-electron chi connectivity index (χ1n) is 5.97. The number of ether oxygens (including phenoxy) is 1. The van der Waals surface area contributed by atoms with Crippen molar-refractivity contribution in [2.75, 3.05) is 12.4 Å². The predicted molar refractivity (Wildman–Crippen MR) is 83.5 cm³/mol. The van der Waals surface area contributed by atoms with Gasteiger partial charge in [-0.2, -0.15) is 24.7 Å². The van der Waals surface area contributed by atoms with Crippen molar-refractivity contribution in [3.05, 3.63) is 40.5 Å². The maximum Gasteiger partial charge on any atom is 0.328 e. The van der Waals surface area contributed by atoms with Crippen molar-refractivity contribution in [2.24, 2.45) is 0 Å². The average molecular weight is 395 g/mol. The van der Waals surface area contributed by atoms with Gasteiger partial charge in [0.25, 0.3) is 5.95 Å². The molecule has 0 spiro atoms. The largest absolute Gasteiger partial charge is 0.424 e. The van der Waals surface area contributed by atoms with E-state index in [-0.39, 0.29) is 6.01 Å². The van der Waals surface area contributed by atoms with Crippen LogP contribution >= 0.6 is 22.6 Å². The van der Waals surface area contributed by atoms with Gasteiger partial charge in [0.15, 0.2) is 0 Å². The topological polar surface area (TPSA) is 90.6 Å². The molecule has 2 heterocycles. The molecule has 8 nitrogen and oxygen atoms in total. The van der Waals surface area contributed by atoms with Crippen LogP contribution in [0.2, 0.25) is 0 Å². The Kier molecular flexibility index (Phi) is 3.90. The number of halogens is 1. The molecule has 0 saturated heterocycles. The van der Waals surface area contributed by atoms with Crippen molar-refractivity contribution < 1.29 is 4.74 Å². The van der Waals surface area contributed by atoms with Crippen LogP contribution in [0.1, 0.15) is 0 Å². The average Bonchev–Trinajstić information content (AvgIpc) is 3.04. The molecule has 106 valence electrons. The van der Waals surface area contributed by atoms with Crippen LogP contribution in [0.15, 0.2) is 36.9 Å². The van der Waals surface area contributed by atoms with Crippen LogP contribution in [0.25, 0.3) is 5.95 Å². The molecule has 3 rings (SSSR count). The zero-order valence-corrected chi connectivity index (χ0v) is 13.1. The molecular formula is C12H10IN7O. The standard InChI is InChI=1S/C12H10IN7O/c1-14-10-17-11(20-7-15-6-16-20)19-12(18-10)21-9-4-2-8(13)3-5-9/h2-7H,1H3,(H,14,17,18,19). The fraction of sp³-hybridized carbons (Fsp3) is 0.0833. The minimum Gasteiger partial charge on any atom is -0.424 e. The molecule has 1 aromatic carbocycles. The second-order valence-corrected chi connectivity index (χ2v) is 5.13. The molecule has 21 heavy (non-hydrogen) atoms. The van der Waals surface area contributed by atoms with Crippen molar-refractivity contribution >= 4 is 28.5 Å². The second kappa shape index (κ2) is 5.99. The Balaban J connectivity index is 1.94. The van der Waals surface area contributed by atoms with E-state index in [0.29, 0.717) is 17.6 Å². The summed E-state index contributed by atoms with van der Waals surface area (Å²) in [5.74, 6) is 1.36. The number of nitrogens with one attached hydrogen (secondary N) is 1. The Bertz CT molecular complexity index is 730. The highest BCUT2D eigenvalue weighted by atomic mass is 127. The molecule has 0 aliphatic rings. The molecule has 0 unspecified atom stereocenters. The molecule has 9 heteroatoms. The molecule has 1 N–H and O–H groups in total. The number of hydrogen-bond acceptors (Lipinski definition) is 7. The lowest BCUT2D eigenvalue weighted by atomic mass is 10.3. The predicted octanol–water partition coefficient (Wildman–Crippen LogP) is 1.89. The Morgan fingerprint density at radius 2 is 1.95 bits per heavy atom. The Hall–Kier alpha value is -2.30. The first-order chi connectivity index (χ1) is 10.2. The summed E-state index contributed by atoms with van der Waals surface area (Å²) in [6, 6.07) is 7.75. The van der Waals surface area contributed by atoms with Crippen LogP contribution in [-0.2, 0) is 0 Å². The zero-order valence-electron chi connectivity index (χ0n) is 10.9. The van der Waals surface area contributed by atoms with Gasteiger partial charge in [-0.15, -0.1) is 0 Å². The van der Waals surface area contributed by atoms with Crippen molar-refractivity contribution in [1.29, 1.82) is 0 Å². The highest BCUT2D eigenvalue weighted by molar-refractivity contribution is 14.1. The summed E-state index contributed by atoms with van der Waals surface area (Å²) in [7, 11) is 1.72. The summed E-state index contributed by atoms with van der Waals surface area (Å²) in [4.78, 5) is 16.4. The van der Waals surface area contributed by atoms with Crippen LogP contribution in [0, 0.1) is 3.57 Å². The third-order valence-electron chi connectivity index (χ3n) is 2.47. The summed E-state index contributed by atoms with van der Waals surface area (Å²) in [6.45, 7) is 0. The summed E-state index contributed by atoms with van der Waals surface area (Å²) >= 11 is 2.23. The van der Waals surface area contributed by atoms with Gasteiger partial charge in [-0.3, -0.25) is 0 Å². The number of aromatic nitrogens is 6. The number of hydrogen-bond donors (Lipinski definition) is 1. The van der Waals surface area contributed by atoms with E-state index in [2.05, 4.69) is 52.9 Å². The number of benzene rings is 1. The minimum absolute atomic E-state index is 0.182. The van der Waals surface area contributed by atoms with Gasteiger partial charge >= 0.3 is 6.01 Å². The third kappa shape index (κ3) is 3.24. The number of nitrogens with zero attached hydrogens (tertiary/aromatic N) is 6. The third-order valence-corrected chi connectivity index (χ3v) is 3.19. The zero-order chi connectivity index (χ0) is 14.7. The smallest absolute Gasteiger partial charge is 0.328 e. The van der Waals surface area contributed by atoms with E-state index in [4.69, 9.17) is 4.74 Å². The van der Waals surface area contributed by atoms with Gasteiger partial charge in [0.05, 0.1) is 0 Å². The molecular weight excluding hydrogens is 385 g/mol. The van der Waals surface area contributed by atoms with Crippen molar-refractivity contribution in [3.63, 3.8) is 0 Å². The molecule has 0 bridgehead atoms. The molecule has 2 aromatic heterocycles. The van der Waals surface area contributed by atoms with E-state index in [1.165, 1.54) is 17.3 Å². The van der Waals surface area contributed by atoms with Crippen LogP contribution in [0.3, 0.4) is 0 Å². The Labute approximate surface area is 133 Å². The molecule has 0 fully saturated rings. The maximum atomic E-state index is 5.65. The molecule has 0 amide bonds. The quantitative estimate of drug-likeness (QED) is 0.675. The van der Waals surface area contributed by atoms with Gasteiger partial charge in [-0.05, 0) is 46.9 Å². The molecule has 0 saturated carbocycles. The maximum absolute atomic E-state index is 5.65. The van der Waals surface area contributed by atoms with E-state index < -0.39 is 0 Å². The fourth-order valence-corrected chi connectivity index (χ4v) is 1.88. The van der Waals surface area contributed by atoms with Gasteiger partial charge < -0.3 is 10.1 Å². The molecule has 0 aliphatic heterocycles. The minimum atomic E-state index is 0.182. The van der Waals surface area contributed by atoms with E-state index in [9.17, 15) is 0 Å². The summed E-state index contributed by atoms with van der Waals surface area (Å²) < 4.78 is 8.20. The van der Waals surface area contributed by atoms with E-state index in [1.54, 1.807) is 7.05 Å². The second-order valence-electron chi connectivity index (χ2n) is 3.89. The summed E-state index contributed by atoms with van der Waals surface area (Å²) in [5, 5.41) is 6.85. The van der Waals surface area contributed by atoms with Crippen LogP contribution in [0.5, 0.6) is 11.8 Å². The lowest BCUT2D eigenvalue weighted by Crippen LogP contribution is -2.08. The van der Waals surface area contributed by atoms with Crippen molar-refractivity contribution in [3.8, 4) is 17.7 Å². The Morgan fingerprint density at radius 3 is 2.62 bits per heavy atom. The van der Waals surface area contributed by atoms with E-state index in [1.807, 2.05) is 24.3 Å². The first-order valence-corrected chi connectivity index (χ1v) is 7.05. The lowest BCUT2D eigenvalue weighted by molar-refractivity contribution is 0.438. The van der Waals surface area contributed by atoms with Crippen LogP contribution in [-0.4, -0.2) is 36.8 Å². The van der Waals surface area contributed by atoms with Crippen molar-refractivity contribution in [2.45, 2.75) is 0 Å². The SMILES string of the molecule is CNc1nc(Oc2ccc(I)cc2)nc(-n2cncn2)n1. The normalized spacial score (nSPS) is 10.4. The molecule has 3 aromatic rings. The monoisotopic (exact) mass is 395 g/mol. The van der Waals surface area contributed by atoms with Gasteiger partial charge in [-0.25, -0.2) is 4.98 Å². The highest BCUT2D eigenvalue weighted by Crippen LogP contribution is 2.20. The van der Waals surface area contributed by atoms with E-state index in [0.717, 1.165) is 3.57 Å². The Morgan fingerprint density at radius 1 is 1.14 bits per heavy atom. The van der Waals surface area contributed by atoms with Crippen LogP contribution < -0.4 is 10.1 Å². The first kappa shape index (κ1) is 13.7. The summed E-state index contributed by atoms with van der Waals surface area (Å²) in [5.41, 5.74) is 0. The van der Waals surface area contributed by atoms with Crippen molar-refractivity contribution in [1.82, 2.24) is 29.7 Å². The van der Waals surface area contributed by atoms with Crippen LogP contribution in [0.4, 0.5) is 5.95 Å². The van der Waals surface area contributed by atoms with E-state index >= 15 is 0 Å². The van der Waals surface area contributed by atoms with Gasteiger partial charge in [0.2, 0.25) is 5.95 Å². The van der Waals surface area contributed by atoms with Gasteiger partial charge in [0, 0.05) is 10.6 Å². The number of rotatable bonds is 4. The summed E-state index contributed by atoms with van der Waals surface area (Å²) in [6.07, 6.45) is 2.91. The lowest BCUT2D eigenvalue weighted by Gasteiger charge is -2.07. The van der Waals surface area contributed by atoms with Gasteiger partial charge in [0.1, 0.15) is 18.4 Å². The molecule has 0 atom stereocenters. The fourth-order valence-electron chi connectivity index (χ4n) is 1.53. The van der Waals surface area contributed by atoms with Gasteiger partial charge in [-0.1, -0.05) is 0 Å². The number of anilines is 1. The highest BCUT2D eigenvalue weighted by Gasteiger charge is 2.10.